The van der Waals surface area contributed by atoms with Crippen LogP contribution in [0.2, 0.25) is 0 Å². The van der Waals surface area contributed by atoms with Gasteiger partial charge in [-0.2, -0.15) is 0 Å². The Bertz CT molecular complexity index is 927. The van der Waals surface area contributed by atoms with Crippen molar-refractivity contribution >= 4 is 28.8 Å². The maximum Gasteiger partial charge on any atom is 0.374 e. The summed E-state index contributed by atoms with van der Waals surface area (Å²) in [4.78, 5) is 39.1. The Balaban J connectivity index is 1.46. The second-order valence-corrected chi connectivity index (χ2v) is 7.62. The van der Waals surface area contributed by atoms with Gasteiger partial charge < -0.3 is 18.8 Å². The van der Waals surface area contributed by atoms with Crippen molar-refractivity contribution in [3.8, 4) is 0 Å². The first-order valence-corrected chi connectivity index (χ1v) is 10.2. The average molecular weight is 399 g/mol. The van der Waals surface area contributed by atoms with Crippen LogP contribution in [0.3, 0.4) is 0 Å². The number of ether oxygens (including phenoxy) is 2. The third kappa shape index (κ3) is 3.86. The van der Waals surface area contributed by atoms with E-state index in [1.165, 1.54) is 0 Å². The molecule has 2 fully saturated rings. The van der Waals surface area contributed by atoms with Crippen LogP contribution in [0.25, 0.3) is 11.0 Å². The molecule has 7 nitrogen and oxygen atoms in total. The Morgan fingerprint density at radius 2 is 1.93 bits per heavy atom. The summed E-state index contributed by atoms with van der Waals surface area (Å²) in [6.45, 7) is 2.25. The quantitative estimate of drug-likeness (QED) is 0.692. The molecule has 0 N–H and O–H groups in total. The molecule has 7 heteroatoms. The fraction of sp³-hybridized carbons (Fsp3) is 0.500. The van der Waals surface area contributed by atoms with Crippen molar-refractivity contribution in [3.05, 3.63) is 35.6 Å². The Labute approximate surface area is 168 Å². The number of amides is 1. The summed E-state index contributed by atoms with van der Waals surface area (Å²) in [5, 5.41) is 0.707. The van der Waals surface area contributed by atoms with Gasteiger partial charge in [-0.1, -0.05) is 31.0 Å². The Morgan fingerprint density at radius 3 is 2.69 bits per heavy atom. The zero-order valence-electron chi connectivity index (χ0n) is 16.5. The second kappa shape index (κ2) is 8.27. The average Bonchev–Trinajstić information content (AvgIpc) is 3.44. The highest BCUT2D eigenvalue weighted by Crippen LogP contribution is 2.31. The highest BCUT2D eigenvalue weighted by Gasteiger charge is 2.39. The van der Waals surface area contributed by atoms with Crippen LogP contribution in [-0.4, -0.2) is 41.9 Å². The van der Waals surface area contributed by atoms with Crippen molar-refractivity contribution in [2.45, 2.75) is 51.7 Å². The van der Waals surface area contributed by atoms with Crippen LogP contribution in [0, 0.1) is 5.92 Å². The van der Waals surface area contributed by atoms with Gasteiger partial charge >= 0.3 is 11.9 Å². The summed E-state index contributed by atoms with van der Waals surface area (Å²) >= 11 is 0. The lowest BCUT2D eigenvalue weighted by molar-refractivity contribution is -0.149. The number of hydrogen-bond donors (Lipinski definition) is 0. The van der Waals surface area contributed by atoms with E-state index in [4.69, 9.17) is 13.9 Å². The number of esters is 2. The molecular weight excluding hydrogens is 374 g/mol. The third-order valence-corrected chi connectivity index (χ3v) is 5.78. The molecule has 29 heavy (non-hydrogen) atoms. The van der Waals surface area contributed by atoms with Gasteiger partial charge in [0.2, 0.25) is 11.7 Å². The number of para-hydroxylation sites is 1. The van der Waals surface area contributed by atoms with Crippen LogP contribution in [0.1, 0.15) is 55.1 Å². The zero-order chi connectivity index (χ0) is 20.4. The lowest BCUT2D eigenvalue weighted by Gasteiger charge is -2.23. The van der Waals surface area contributed by atoms with Gasteiger partial charge in [-0.3, -0.25) is 9.59 Å². The predicted molar refractivity (Wildman–Crippen MR) is 104 cm³/mol. The minimum absolute atomic E-state index is 0.0276. The van der Waals surface area contributed by atoms with E-state index in [0.717, 1.165) is 25.7 Å². The molecule has 0 radical (unpaired) electrons. The van der Waals surface area contributed by atoms with E-state index in [2.05, 4.69) is 0 Å². The SMILES string of the molecule is CCOC(=O)c1oc2ccccc2c1COC(=O)[C@H]1CC(=O)N(C2CCCC2)C1. The molecule has 1 saturated carbocycles. The number of carbonyl (C=O) groups excluding carboxylic acids is 3. The summed E-state index contributed by atoms with van der Waals surface area (Å²) in [5.41, 5.74) is 1.02. The van der Waals surface area contributed by atoms with E-state index < -0.39 is 17.9 Å². The molecule has 0 spiro atoms. The molecule has 2 aliphatic rings. The minimum atomic E-state index is -0.585. The van der Waals surface area contributed by atoms with Gasteiger partial charge in [-0.15, -0.1) is 0 Å². The van der Waals surface area contributed by atoms with Crippen molar-refractivity contribution < 1.29 is 28.3 Å². The molecular formula is C22H25NO6. The fourth-order valence-electron chi connectivity index (χ4n) is 4.32. The van der Waals surface area contributed by atoms with E-state index in [-0.39, 0.29) is 37.3 Å². The normalized spacial score (nSPS) is 19.8. The summed E-state index contributed by atoms with van der Waals surface area (Å²) < 4.78 is 16.2. The van der Waals surface area contributed by atoms with Crippen LogP contribution < -0.4 is 0 Å². The van der Waals surface area contributed by atoms with Crippen LogP contribution in [0.5, 0.6) is 0 Å². The van der Waals surface area contributed by atoms with E-state index in [9.17, 15) is 14.4 Å². The van der Waals surface area contributed by atoms with Gasteiger partial charge in [0, 0.05) is 24.4 Å². The monoisotopic (exact) mass is 399 g/mol. The summed E-state index contributed by atoms with van der Waals surface area (Å²) in [5.74, 6) is -1.39. The van der Waals surface area contributed by atoms with E-state index in [1.807, 2.05) is 17.0 Å². The number of nitrogens with zero attached hydrogens (tertiary/aromatic N) is 1. The molecule has 1 saturated heterocycles. The number of rotatable bonds is 6. The molecule has 1 aliphatic carbocycles. The molecule has 1 atom stereocenters. The van der Waals surface area contributed by atoms with Gasteiger partial charge in [0.05, 0.1) is 18.1 Å². The lowest BCUT2D eigenvalue weighted by Crippen LogP contribution is -2.35. The largest absolute Gasteiger partial charge is 0.460 e. The first-order valence-electron chi connectivity index (χ1n) is 10.2. The molecule has 0 unspecified atom stereocenters. The minimum Gasteiger partial charge on any atom is -0.460 e. The summed E-state index contributed by atoms with van der Waals surface area (Å²) in [6, 6.07) is 7.45. The molecule has 0 bridgehead atoms. The molecule has 4 rings (SSSR count). The van der Waals surface area contributed by atoms with Crippen molar-refractivity contribution in [1.29, 1.82) is 0 Å². The lowest BCUT2D eigenvalue weighted by atomic mass is 10.1. The Kier molecular flexibility index (Phi) is 5.56. The number of carbonyl (C=O) groups is 3. The van der Waals surface area contributed by atoms with Gasteiger partial charge in [0.15, 0.2) is 0 Å². The van der Waals surface area contributed by atoms with Gasteiger partial charge in [-0.25, -0.2) is 4.79 Å². The van der Waals surface area contributed by atoms with Crippen LogP contribution in [0.15, 0.2) is 28.7 Å². The van der Waals surface area contributed by atoms with Gasteiger partial charge in [0.1, 0.15) is 12.2 Å². The highest BCUT2D eigenvalue weighted by molar-refractivity contribution is 5.96. The number of benzene rings is 1. The molecule has 1 aromatic carbocycles. The number of furan rings is 1. The third-order valence-electron chi connectivity index (χ3n) is 5.78. The fourth-order valence-corrected chi connectivity index (χ4v) is 4.32. The first-order chi connectivity index (χ1) is 14.1. The zero-order valence-corrected chi connectivity index (χ0v) is 16.5. The maximum absolute atomic E-state index is 12.6. The smallest absolute Gasteiger partial charge is 0.374 e. The van der Waals surface area contributed by atoms with Crippen molar-refractivity contribution in [1.82, 2.24) is 4.90 Å². The van der Waals surface area contributed by atoms with Crippen LogP contribution in [0.4, 0.5) is 0 Å². The number of fused-ring (bicyclic) bond motifs is 1. The van der Waals surface area contributed by atoms with Crippen molar-refractivity contribution in [2.24, 2.45) is 5.92 Å². The molecule has 1 amide bonds. The number of likely N-dealkylation sites (tertiary alicyclic amines) is 1. The Hall–Kier alpha value is -2.83. The Morgan fingerprint density at radius 1 is 1.17 bits per heavy atom. The molecule has 1 aromatic heterocycles. The van der Waals surface area contributed by atoms with E-state index in [1.54, 1.807) is 19.1 Å². The standard InChI is InChI=1S/C22H25NO6/c1-2-27-22(26)20-17(16-9-5-6-10-18(16)29-20)13-28-21(25)14-11-19(24)23(12-14)15-7-3-4-8-15/h5-6,9-10,14-15H,2-4,7-8,11-13H2,1H3/t14-/m0/s1. The topological polar surface area (TPSA) is 86.0 Å². The first kappa shape index (κ1) is 19.5. The highest BCUT2D eigenvalue weighted by atomic mass is 16.5. The van der Waals surface area contributed by atoms with Crippen molar-refractivity contribution in [2.75, 3.05) is 13.2 Å². The van der Waals surface area contributed by atoms with Crippen molar-refractivity contribution in [3.63, 3.8) is 0 Å². The van der Waals surface area contributed by atoms with Crippen LogP contribution >= 0.6 is 0 Å². The van der Waals surface area contributed by atoms with E-state index >= 15 is 0 Å². The molecule has 2 heterocycles. The van der Waals surface area contributed by atoms with Gasteiger partial charge in [0.25, 0.3) is 0 Å². The van der Waals surface area contributed by atoms with E-state index in [0.29, 0.717) is 23.1 Å². The molecule has 1 aliphatic heterocycles. The maximum atomic E-state index is 12.6. The summed E-state index contributed by atoms with van der Waals surface area (Å²) in [6.07, 6.45) is 4.47. The predicted octanol–water partition coefficient (Wildman–Crippen LogP) is 3.44. The number of hydrogen-bond acceptors (Lipinski definition) is 6. The second-order valence-electron chi connectivity index (χ2n) is 7.62. The van der Waals surface area contributed by atoms with Gasteiger partial charge in [-0.05, 0) is 25.8 Å². The molecule has 154 valence electrons. The van der Waals surface area contributed by atoms with Crippen LogP contribution in [-0.2, 0) is 25.7 Å². The summed E-state index contributed by atoms with van der Waals surface area (Å²) in [7, 11) is 0. The molecule has 2 aromatic rings.